The molecule has 0 spiro atoms. The summed E-state index contributed by atoms with van der Waals surface area (Å²) in [6, 6.07) is 19.6. The standard InChI is InChI=1S/C26H18ClN3O4S/c1-2-34-26(33)22-20-14-35-24(21(20)25(32)30(29-22)17-10-6-9-16(27)13-17)28-23(31)19-12-5-8-15-7-3-4-11-18(15)19/h3-14H,2H2,1H3,(H,28,31). The lowest BCUT2D eigenvalue weighted by atomic mass is 10.0. The SMILES string of the molecule is CCOC(=O)c1nn(-c2cccc(Cl)c2)c(=O)c2c(NC(=O)c3cccc4ccccc34)scc12. The lowest BCUT2D eigenvalue weighted by molar-refractivity contribution is 0.0520. The van der Waals surface area contributed by atoms with E-state index in [-0.39, 0.29) is 23.6 Å². The molecular weight excluding hydrogens is 486 g/mol. The molecule has 9 heteroatoms. The van der Waals surface area contributed by atoms with Gasteiger partial charge < -0.3 is 10.1 Å². The van der Waals surface area contributed by atoms with Crippen molar-refractivity contribution in [2.24, 2.45) is 0 Å². The van der Waals surface area contributed by atoms with E-state index >= 15 is 0 Å². The van der Waals surface area contributed by atoms with Gasteiger partial charge in [-0.3, -0.25) is 9.59 Å². The number of benzene rings is 3. The Bertz CT molecular complexity index is 1670. The second-order valence-corrected chi connectivity index (χ2v) is 8.92. The zero-order valence-electron chi connectivity index (χ0n) is 18.4. The molecule has 5 rings (SSSR count). The van der Waals surface area contributed by atoms with Crippen molar-refractivity contribution in [2.45, 2.75) is 6.92 Å². The van der Waals surface area contributed by atoms with Crippen LogP contribution in [0.5, 0.6) is 0 Å². The molecule has 2 heterocycles. The van der Waals surface area contributed by atoms with Crippen LogP contribution < -0.4 is 10.9 Å². The summed E-state index contributed by atoms with van der Waals surface area (Å²) in [5.41, 5.74) is 0.333. The summed E-state index contributed by atoms with van der Waals surface area (Å²) in [5.74, 6) is -1.04. The van der Waals surface area contributed by atoms with Gasteiger partial charge >= 0.3 is 5.97 Å². The number of amides is 1. The van der Waals surface area contributed by atoms with Crippen LogP contribution in [0, 0.1) is 0 Å². The molecule has 5 aromatic rings. The molecule has 0 aliphatic heterocycles. The lowest BCUT2D eigenvalue weighted by Crippen LogP contribution is -2.25. The highest BCUT2D eigenvalue weighted by atomic mass is 35.5. The van der Waals surface area contributed by atoms with Crippen LogP contribution in [0.2, 0.25) is 5.02 Å². The number of anilines is 1. The molecule has 1 amide bonds. The molecular formula is C26H18ClN3O4S. The first-order valence-electron chi connectivity index (χ1n) is 10.7. The number of thiophene rings is 1. The van der Waals surface area contributed by atoms with Crippen molar-refractivity contribution in [3.8, 4) is 5.69 Å². The summed E-state index contributed by atoms with van der Waals surface area (Å²) in [6.07, 6.45) is 0. The molecule has 0 aliphatic carbocycles. The summed E-state index contributed by atoms with van der Waals surface area (Å²) < 4.78 is 6.27. The van der Waals surface area contributed by atoms with Gasteiger partial charge in [0.15, 0.2) is 5.69 Å². The predicted molar refractivity (Wildman–Crippen MR) is 138 cm³/mol. The number of aromatic nitrogens is 2. The summed E-state index contributed by atoms with van der Waals surface area (Å²) >= 11 is 7.27. The van der Waals surface area contributed by atoms with Crippen molar-refractivity contribution in [2.75, 3.05) is 11.9 Å². The number of fused-ring (bicyclic) bond motifs is 2. The van der Waals surface area contributed by atoms with Gasteiger partial charge in [0.1, 0.15) is 5.00 Å². The lowest BCUT2D eigenvalue weighted by Gasteiger charge is -2.10. The number of nitrogens with one attached hydrogen (secondary N) is 1. The van der Waals surface area contributed by atoms with Crippen LogP contribution in [-0.2, 0) is 4.74 Å². The molecule has 0 radical (unpaired) electrons. The maximum absolute atomic E-state index is 13.5. The Morgan fingerprint density at radius 2 is 1.83 bits per heavy atom. The van der Waals surface area contributed by atoms with E-state index in [1.807, 2.05) is 30.3 Å². The van der Waals surface area contributed by atoms with Crippen molar-refractivity contribution in [3.05, 3.63) is 98.7 Å². The van der Waals surface area contributed by atoms with Crippen molar-refractivity contribution in [1.82, 2.24) is 9.78 Å². The van der Waals surface area contributed by atoms with E-state index in [4.69, 9.17) is 16.3 Å². The van der Waals surface area contributed by atoms with E-state index < -0.39 is 11.5 Å². The minimum absolute atomic E-state index is 0.0247. The summed E-state index contributed by atoms with van der Waals surface area (Å²) in [4.78, 5) is 39.5. The molecule has 35 heavy (non-hydrogen) atoms. The molecule has 7 nitrogen and oxygen atoms in total. The van der Waals surface area contributed by atoms with Crippen LogP contribution in [0.3, 0.4) is 0 Å². The van der Waals surface area contributed by atoms with Gasteiger partial charge in [0, 0.05) is 21.4 Å². The Labute approximate surface area is 208 Å². The fourth-order valence-corrected chi connectivity index (χ4v) is 4.99. The number of halogens is 1. The number of esters is 1. The van der Waals surface area contributed by atoms with Crippen molar-refractivity contribution in [1.29, 1.82) is 0 Å². The van der Waals surface area contributed by atoms with E-state index in [9.17, 15) is 14.4 Å². The van der Waals surface area contributed by atoms with Crippen LogP contribution in [0.15, 0.2) is 76.9 Å². The van der Waals surface area contributed by atoms with E-state index in [0.29, 0.717) is 26.7 Å². The van der Waals surface area contributed by atoms with Crippen LogP contribution in [-0.4, -0.2) is 28.3 Å². The fraction of sp³-hybridized carbons (Fsp3) is 0.0769. The number of rotatable bonds is 5. The molecule has 0 saturated heterocycles. The number of ether oxygens (including phenoxy) is 1. The second-order valence-electron chi connectivity index (χ2n) is 7.60. The average molecular weight is 504 g/mol. The molecule has 0 aliphatic rings. The van der Waals surface area contributed by atoms with E-state index in [1.165, 1.54) is 0 Å². The molecule has 0 atom stereocenters. The highest BCUT2D eigenvalue weighted by molar-refractivity contribution is 7.16. The Kier molecular flexibility index (Phi) is 6.07. The number of hydrogen-bond acceptors (Lipinski definition) is 6. The quantitative estimate of drug-likeness (QED) is 0.311. The van der Waals surface area contributed by atoms with Gasteiger partial charge in [0.25, 0.3) is 11.5 Å². The minimum atomic E-state index is -0.669. The van der Waals surface area contributed by atoms with Gasteiger partial charge in [-0.05, 0) is 42.0 Å². The highest BCUT2D eigenvalue weighted by Crippen LogP contribution is 2.32. The maximum Gasteiger partial charge on any atom is 0.359 e. The highest BCUT2D eigenvalue weighted by Gasteiger charge is 2.23. The van der Waals surface area contributed by atoms with Gasteiger partial charge in [-0.25, -0.2) is 4.79 Å². The first-order chi connectivity index (χ1) is 17.0. The van der Waals surface area contributed by atoms with Gasteiger partial charge in [0.2, 0.25) is 0 Å². The van der Waals surface area contributed by atoms with Gasteiger partial charge in [0.05, 0.1) is 17.7 Å². The van der Waals surface area contributed by atoms with Gasteiger partial charge in [-0.2, -0.15) is 9.78 Å². The first kappa shape index (κ1) is 22.8. The Morgan fingerprint density at radius 1 is 1.06 bits per heavy atom. The number of carbonyl (C=O) groups is 2. The second kappa shape index (κ2) is 9.32. The van der Waals surface area contributed by atoms with Gasteiger partial charge in [-0.15, -0.1) is 11.3 Å². The topological polar surface area (TPSA) is 90.3 Å². The molecule has 0 bridgehead atoms. The Hall–Kier alpha value is -4.01. The molecule has 174 valence electrons. The molecule has 3 aromatic carbocycles. The monoisotopic (exact) mass is 503 g/mol. The smallest absolute Gasteiger partial charge is 0.359 e. The summed E-state index contributed by atoms with van der Waals surface area (Å²) in [7, 11) is 0. The molecule has 1 N–H and O–H groups in total. The largest absolute Gasteiger partial charge is 0.461 e. The van der Waals surface area contributed by atoms with Crippen LogP contribution >= 0.6 is 22.9 Å². The normalized spacial score (nSPS) is 11.0. The zero-order chi connectivity index (χ0) is 24.5. The molecule has 0 saturated carbocycles. The molecule has 0 unspecified atom stereocenters. The molecule has 0 fully saturated rings. The number of nitrogens with zero attached hydrogens (tertiary/aromatic N) is 2. The van der Waals surface area contributed by atoms with Crippen molar-refractivity contribution < 1.29 is 14.3 Å². The third-order valence-corrected chi connectivity index (χ3v) is 6.57. The Balaban J connectivity index is 1.67. The predicted octanol–water partition coefficient (Wildman–Crippen LogP) is 5.68. The van der Waals surface area contributed by atoms with Crippen LogP contribution in [0.25, 0.3) is 27.2 Å². The average Bonchev–Trinajstić information content (AvgIpc) is 3.28. The van der Waals surface area contributed by atoms with E-state index in [1.54, 1.807) is 48.7 Å². The van der Waals surface area contributed by atoms with Crippen LogP contribution in [0.4, 0.5) is 5.00 Å². The number of carbonyl (C=O) groups excluding carboxylic acids is 2. The summed E-state index contributed by atoms with van der Waals surface area (Å²) in [6.45, 7) is 1.83. The fourth-order valence-electron chi connectivity index (χ4n) is 3.87. The van der Waals surface area contributed by atoms with Gasteiger partial charge in [-0.1, -0.05) is 54.1 Å². The van der Waals surface area contributed by atoms with Crippen molar-refractivity contribution in [3.63, 3.8) is 0 Å². The third kappa shape index (κ3) is 4.18. The van der Waals surface area contributed by atoms with Crippen LogP contribution in [0.1, 0.15) is 27.8 Å². The number of hydrogen-bond donors (Lipinski definition) is 1. The van der Waals surface area contributed by atoms with E-state index in [0.717, 1.165) is 26.8 Å². The first-order valence-corrected chi connectivity index (χ1v) is 12.0. The van der Waals surface area contributed by atoms with Crippen molar-refractivity contribution >= 4 is 61.4 Å². The third-order valence-electron chi connectivity index (χ3n) is 5.44. The van der Waals surface area contributed by atoms with E-state index in [2.05, 4.69) is 10.4 Å². The summed E-state index contributed by atoms with van der Waals surface area (Å²) in [5, 5.41) is 11.7. The Morgan fingerprint density at radius 3 is 2.63 bits per heavy atom. The zero-order valence-corrected chi connectivity index (χ0v) is 20.0. The maximum atomic E-state index is 13.5. The minimum Gasteiger partial charge on any atom is -0.461 e. The molecule has 2 aromatic heterocycles.